The molecule has 2 aromatic rings. The van der Waals surface area contributed by atoms with Crippen molar-refractivity contribution in [3.05, 3.63) is 40.4 Å². The number of rotatable bonds is 4. The highest BCUT2D eigenvalue weighted by molar-refractivity contribution is 5.86. The highest BCUT2D eigenvalue weighted by Crippen LogP contribution is 2.18. The standard InChI is InChI=1S/C17H18N2O4/c20-13-7-3-4-8-14(13)23-16(21)10-9-15-18-12-6-2-1-5-11(12)17(22)19-15/h1-2,5-6,14H,3-4,7-10H2,(H,18,19,22). The van der Waals surface area contributed by atoms with Gasteiger partial charge in [-0.1, -0.05) is 12.1 Å². The van der Waals surface area contributed by atoms with Gasteiger partial charge in [0.05, 0.1) is 17.3 Å². The molecular weight excluding hydrogens is 296 g/mol. The van der Waals surface area contributed by atoms with Crippen LogP contribution in [0.4, 0.5) is 0 Å². The van der Waals surface area contributed by atoms with E-state index in [-0.39, 0.29) is 24.2 Å². The summed E-state index contributed by atoms with van der Waals surface area (Å²) in [4.78, 5) is 42.5. The van der Waals surface area contributed by atoms with E-state index in [9.17, 15) is 14.4 Å². The molecule has 120 valence electrons. The minimum Gasteiger partial charge on any atom is -0.454 e. The zero-order valence-electron chi connectivity index (χ0n) is 12.7. The number of para-hydroxylation sites is 1. The molecule has 1 aliphatic carbocycles. The molecule has 1 heterocycles. The van der Waals surface area contributed by atoms with Crippen LogP contribution in [0.3, 0.4) is 0 Å². The van der Waals surface area contributed by atoms with E-state index >= 15 is 0 Å². The van der Waals surface area contributed by atoms with Gasteiger partial charge in [-0.15, -0.1) is 0 Å². The molecule has 1 saturated carbocycles. The summed E-state index contributed by atoms with van der Waals surface area (Å²) in [5, 5.41) is 0.520. The van der Waals surface area contributed by atoms with Crippen molar-refractivity contribution in [2.24, 2.45) is 0 Å². The molecule has 1 aromatic carbocycles. The van der Waals surface area contributed by atoms with E-state index in [1.807, 2.05) is 6.07 Å². The molecule has 0 bridgehead atoms. The summed E-state index contributed by atoms with van der Waals surface area (Å²) in [5.74, 6) is 0.0171. The lowest BCUT2D eigenvalue weighted by molar-refractivity contribution is -0.156. The monoisotopic (exact) mass is 314 g/mol. The Labute approximate surface area is 132 Å². The molecule has 1 aromatic heterocycles. The number of nitrogens with one attached hydrogen (secondary N) is 1. The maximum absolute atomic E-state index is 11.9. The van der Waals surface area contributed by atoms with Crippen molar-refractivity contribution in [1.29, 1.82) is 0 Å². The lowest BCUT2D eigenvalue weighted by atomic mass is 9.96. The van der Waals surface area contributed by atoms with Gasteiger partial charge < -0.3 is 9.72 Å². The van der Waals surface area contributed by atoms with Gasteiger partial charge in [-0.05, 0) is 31.4 Å². The Morgan fingerprint density at radius 3 is 2.91 bits per heavy atom. The van der Waals surface area contributed by atoms with Crippen molar-refractivity contribution in [2.75, 3.05) is 0 Å². The molecule has 0 spiro atoms. The summed E-state index contributed by atoms with van der Waals surface area (Å²) in [6, 6.07) is 7.04. The first kappa shape index (κ1) is 15.4. The second-order valence-electron chi connectivity index (χ2n) is 5.72. The van der Waals surface area contributed by atoms with E-state index in [2.05, 4.69) is 9.97 Å². The predicted octanol–water partition coefficient (Wildman–Crippen LogP) is 1.91. The van der Waals surface area contributed by atoms with Gasteiger partial charge in [-0.25, -0.2) is 4.98 Å². The molecule has 6 heteroatoms. The zero-order valence-corrected chi connectivity index (χ0v) is 12.7. The van der Waals surface area contributed by atoms with Crippen molar-refractivity contribution in [3.8, 4) is 0 Å². The van der Waals surface area contributed by atoms with Crippen LogP contribution in [0.1, 0.15) is 37.9 Å². The number of hydrogen-bond donors (Lipinski definition) is 1. The first-order valence-electron chi connectivity index (χ1n) is 7.83. The number of ketones is 1. The van der Waals surface area contributed by atoms with Crippen LogP contribution < -0.4 is 5.56 Å². The van der Waals surface area contributed by atoms with E-state index < -0.39 is 12.1 Å². The van der Waals surface area contributed by atoms with Crippen molar-refractivity contribution >= 4 is 22.7 Å². The number of ether oxygens (including phenoxy) is 1. The quantitative estimate of drug-likeness (QED) is 0.871. The van der Waals surface area contributed by atoms with Gasteiger partial charge in [0, 0.05) is 12.8 Å². The minimum atomic E-state index is -0.597. The fourth-order valence-electron chi connectivity index (χ4n) is 2.77. The lowest BCUT2D eigenvalue weighted by Crippen LogP contribution is -2.30. The molecule has 0 radical (unpaired) electrons. The first-order valence-corrected chi connectivity index (χ1v) is 7.83. The minimum absolute atomic E-state index is 0.00170. The number of fused-ring (bicyclic) bond motifs is 1. The molecule has 1 fully saturated rings. The third-order valence-corrected chi connectivity index (χ3v) is 4.00. The fraction of sp³-hybridized carbons (Fsp3) is 0.412. The Balaban J connectivity index is 1.62. The van der Waals surface area contributed by atoms with Gasteiger partial charge in [0.15, 0.2) is 11.9 Å². The van der Waals surface area contributed by atoms with Crippen LogP contribution >= 0.6 is 0 Å². The van der Waals surface area contributed by atoms with E-state index in [1.165, 1.54) is 0 Å². The first-order chi connectivity index (χ1) is 11.1. The normalized spacial score (nSPS) is 18.1. The van der Waals surface area contributed by atoms with Gasteiger partial charge in [0.1, 0.15) is 5.82 Å². The van der Waals surface area contributed by atoms with Crippen LogP contribution in [0.25, 0.3) is 10.9 Å². The maximum Gasteiger partial charge on any atom is 0.306 e. The van der Waals surface area contributed by atoms with Crippen LogP contribution in [-0.4, -0.2) is 27.8 Å². The SMILES string of the molecule is O=C(CCc1nc2ccccc2c(=O)[nH]1)OC1CCCCC1=O. The molecule has 6 nitrogen and oxygen atoms in total. The summed E-state index contributed by atoms with van der Waals surface area (Å²) in [6.45, 7) is 0. The average Bonchev–Trinajstić information content (AvgIpc) is 2.55. The third-order valence-electron chi connectivity index (χ3n) is 4.00. The summed E-state index contributed by atoms with van der Waals surface area (Å²) < 4.78 is 5.23. The zero-order chi connectivity index (χ0) is 16.2. The molecule has 1 unspecified atom stereocenters. The van der Waals surface area contributed by atoms with Gasteiger partial charge in [0.2, 0.25) is 0 Å². The highest BCUT2D eigenvalue weighted by Gasteiger charge is 2.25. The summed E-state index contributed by atoms with van der Waals surface area (Å²) >= 11 is 0. The second-order valence-corrected chi connectivity index (χ2v) is 5.72. The largest absolute Gasteiger partial charge is 0.454 e. The maximum atomic E-state index is 11.9. The predicted molar refractivity (Wildman–Crippen MR) is 84.0 cm³/mol. The lowest BCUT2D eigenvalue weighted by Gasteiger charge is -2.20. The Morgan fingerprint density at radius 2 is 2.09 bits per heavy atom. The van der Waals surface area contributed by atoms with Crippen LogP contribution in [0.15, 0.2) is 29.1 Å². The van der Waals surface area contributed by atoms with Gasteiger partial charge in [-0.2, -0.15) is 0 Å². The number of carbonyl (C=O) groups is 2. The van der Waals surface area contributed by atoms with Gasteiger partial charge >= 0.3 is 5.97 Å². The number of Topliss-reactive ketones (excluding diaryl/α,β-unsaturated/α-hetero) is 1. The number of esters is 1. The number of aryl methyl sites for hydroxylation is 1. The van der Waals surface area contributed by atoms with Crippen LogP contribution in [0.2, 0.25) is 0 Å². The van der Waals surface area contributed by atoms with E-state index in [4.69, 9.17) is 4.74 Å². The summed E-state index contributed by atoms with van der Waals surface area (Å²) in [6.07, 6.45) is 2.64. The number of benzene rings is 1. The molecule has 1 aliphatic rings. The third kappa shape index (κ3) is 3.64. The van der Waals surface area contributed by atoms with E-state index in [0.717, 1.165) is 12.8 Å². The Kier molecular flexibility index (Phi) is 4.50. The van der Waals surface area contributed by atoms with Crippen LogP contribution in [0.5, 0.6) is 0 Å². The van der Waals surface area contributed by atoms with Crippen molar-refractivity contribution in [1.82, 2.24) is 9.97 Å². The number of H-pyrrole nitrogens is 1. The molecular formula is C17H18N2O4. The number of hydrogen-bond acceptors (Lipinski definition) is 5. The molecule has 0 amide bonds. The Morgan fingerprint density at radius 1 is 1.26 bits per heavy atom. The van der Waals surface area contributed by atoms with Crippen LogP contribution in [-0.2, 0) is 20.7 Å². The smallest absolute Gasteiger partial charge is 0.306 e. The van der Waals surface area contributed by atoms with Crippen molar-refractivity contribution in [2.45, 2.75) is 44.6 Å². The molecule has 1 N–H and O–H groups in total. The number of aromatic nitrogens is 2. The Bertz CT molecular complexity index is 797. The average molecular weight is 314 g/mol. The Hall–Kier alpha value is -2.50. The molecule has 0 aliphatic heterocycles. The summed E-state index contributed by atoms with van der Waals surface area (Å²) in [5.41, 5.74) is 0.378. The highest BCUT2D eigenvalue weighted by atomic mass is 16.5. The topological polar surface area (TPSA) is 89.1 Å². The summed E-state index contributed by atoms with van der Waals surface area (Å²) in [7, 11) is 0. The number of carbonyl (C=O) groups excluding carboxylic acids is 2. The van der Waals surface area contributed by atoms with Crippen molar-refractivity contribution in [3.63, 3.8) is 0 Å². The number of nitrogens with zero attached hydrogens (tertiary/aromatic N) is 1. The fourth-order valence-corrected chi connectivity index (χ4v) is 2.77. The molecule has 1 atom stereocenters. The molecule has 3 rings (SSSR count). The second kappa shape index (κ2) is 6.73. The van der Waals surface area contributed by atoms with E-state index in [0.29, 0.717) is 29.6 Å². The van der Waals surface area contributed by atoms with Crippen LogP contribution in [0, 0.1) is 0 Å². The van der Waals surface area contributed by atoms with Gasteiger partial charge in [-0.3, -0.25) is 14.4 Å². The molecule has 23 heavy (non-hydrogen) atoms. The van der Waals surface area contributed by atoms with Crippen molar-refractivity contribution < 1.29 is 14.3 Å². The number of aromatic amines is 1. The van der Waals surface area contributed by atoms with E-state index in [1.54, 1.807) is 18.2 Å². The molecule has 0 saturated heterocycles. The van der Waals surface area contributed by atoms with Gasteiger partial charge in [0.25, 0.3) is 5.56 Å².